The highest BCUT2D eigenvalue weighted by atomic mass is 16.5. The highest BCUT2D eigenvalue weighted by Gasteiger charge is 2.30. The number of aryl methyl sites for hydroxylation is 1. The third-order valence-corrected chi connectivity index (χ3v) is 4.41. The van der Waals surface area contributed by atoms with Gasteiger partial charge in [-0.2, -0.15) is 0 Å². The molecule has 0 bridgehead atoms. The van der Waals surface area contributed by atoms with Crippen LogP contribution < -0.4 is 10.5 Å². The fraction of sp³-hybridized carbons (Fsp3) is 0.368. The molecule has 0 aromatic heterocycles. The summed E-state index contributed by atoms with van der Waals surface area (Å²) in [5, 5.41) is 0. The van der Waals surface area contributed by atoms with Gasteiger partial charge in [-0.25, -0.2) is 0 Å². The van der Waals surface area contributed by atoms with E-state index in [1.54, 1.807) is 7.11 Å². The maximum absolute atomic E-state index is 6.77. The number of nitrogens with two attached hydrogens (primary N) is 1. The summed E-state index contributed by atoms with van der Waals surface area (Å²) >= 11 is 0. The topological polar surface area (TPSA) is 35.2 Å². The fourth-order valence-corrected chi connectivity index (χ4v) is 2.82. The van der Waals surface area contributed by atoms with Crippen LogP contribution in [-0.4, -0.2) is 7.11 Å². The predicted molar refractivity (Wildman–Crippen MR) is 88.8 cm³/mol. The van der Waals surface area contributed by atoms with Crippen molar-refractivity contribution >= 4 is 0 Å². The monoisotopic (exact) mass is 283 g/mol. The molecule has 2 aromatic carbocycles. The molecule has 0 heterocycles. The van der Waals surface area contributed by atoms with Gasteiger partial charge in [-0.15, -0.1) is 0 Å². The van der Waals surface area contributed by atoms with Crippen molar-refractivity contribution in [3.05, 3.63) is 64.7 Å². The van der Waals surface area contributed by atoms with Crippen LogP contribution in [0, 0.1) is 13.8 Å². The van der Waals surface area contributed by atoms with Crippen LogP contribution in [0.3, 0.4) is 0 Å². The van der Waals surface area contributed by atoms with Crippen LogP contribution in [0.5, 0.6) is 5.75 Å². The molecule has 0 aliphatic carbocycles. The largest absolute Gasteiger partial charge is 0.496 e. The molecular formula is C19H25NO. The molecule has 2 heteroatoms. The maximum atomic E-state index is 6.77. The van der Waals surface area contributed by atoms with E-state index in [4.69, 9.17) is 10.5 Å². The molecule has 21 heavy (non-hydrogen) atoms. The Kier molecular flexibility index (Phi) is 4.69. The van der Waals surface area contributed by atoms with Crippen molar-refractivity contribution < 1.29 is 4.74 Å². The second-order valence-electron chi connectivity index (χ2n) is 5.76. The smallest absolute Gasteiger partial charge is 0.127 e. The highest BCUT2D eigenvalue weighted by Crippen LogP contribution is 2.36. The van der Waals surface area contributed by atoms with Gasteiger partial charge < -0.3 is 10.5 Å². The number of hydrogen-bond acceptors (Lipinski definition) is 2. The van der Waals surface area contributed by atoms with Crippen molar-refractivity contribution in [3.63, 3.8) is 0 Å². The van der Waals surface area contributed by atoms with Crippen molar-refractivity contribution in [1.29, 1.82) is 0 Å². The summed E-state index contributed by atoms with van der Waals surface area (Å²) in [5.74, 6) is 0.926. The molecule has 0 saturated carbocycles. The minimum absolute atomic E-state index is 0.412. The van der Waals surface area contributed by atoms with Crippen LogP contribution >= 0.6 is 0 Å². The first kappa shape index (κ1) is 15.6. The Labute approximate surface area is 127 Å². The Bertz CT molecular complexity index is 606. The lowest BCUT2D eigenvalue weighted by Gasteiger charge is -2.31. The quantitative estimate of drug-likeness (QED) is 0.896. The van der Waals surface area contributed by atoms with Crippen molar-refractivity contribution in [2.75, 3.05) is 7.11 Å². The first-order valence-corrected chi connectivity index (χ1v) is 7.49. The standard InChI is InChI=1S/C19H25NO/c1-5-19(20,13-16-9-7-6-8-10-16)17-12-11-14(2)15(3)18(17)21-4/h6-12H,5,13,20H2,1-4H3. The van der Waals surface area contributed by atoms with Crippen molar-refractivity contribution in [2.24, 2.45) is 5.73 Å². The number of benzene rings is 2. The van der Waals surface area contributed by atoms with Crippen LogP contribution in [-0.2, 0) is 12.0 Å². The van der Waals surface area contributed by atoms with Gasteiger partial charge in [-0.1, -0.05) is 49.4 Å². The highest BCUT2D eigenvalue weighted by molar-refractivity contribution is 5.49. The summed E-state index contributed by atoms with van der Waals surface area (Å²) in [6.45, 7) is 6.33. The van der Waals surface area contributed by atoms with Gasteiger partial charge in [0.2, 0.25) is 0 Å². The van der Waals surface area contributed by atoms with E-state index in [-0.39, 0.29) is 0 Å². The van der Waals surface area contributed by atoms with E-state index in [2.05, 4.69) is 57.2 Å². The zero-order chi connectivity index (χ0) is 15.5. The SMILES string of the molecule is CCC(N)(Cc1ccccc1)c1ccc(C)c(C)c1OC. The Morgan fingerprint density at radius 1 is 1.05 bits per heavy atom. The Balaban J connectivity index is 2.47. The molecule has 0 radical (unpaired) electrons. The number of ether oxygens (including phenoxy) is 1. The molecule has 0 spiro atoms. The molecule has 1 unspecified atom stereocenters. The van der Waals surface area contributed by atoms with Crippen LogP contribution in [0.1, 0.15) is 35.6 Å². The van der Waals surface area contributed by atoms with E-state index in [1.165, 1.54) is 16.7 Å². The number of rotatable bonds is 5. The van der Waals surface area contributed by atoms with Crippen molar-refractivity contribution in [1.82, 2.24) is 0 Å². The molecule has 2 rings (SSSR count). The molecule has 1 atom stereocenters. The number of methoxy groups -OCH3 is 1. The van der Waals surface area contributed by atoms with E-state index in [9.17, 15) is 0 Å². The lowest BCUT2D eigenvalue weighted by molar-refractivity contribution is 0.365. The van der Waals surface area contributed by atoms with E-state index < -0.39 is 5.54 Å². The van der Waals surface area contributed by atoms with Gasteiger partial charge in [0, 0.05) is 11.1 Å². The van der Waals surface area contributed by atoms with Gasteiger partial charge in [-0.05, 0) is 43.4 Å². The van der Waals surface area contributed by atoms with E-state index >= 15 is 0 Å². The average molecular weight is 283 g/mol. The average Bonchev–Trinajstić information content (AvgIpc) is 2.50. The molecular weight excluding hydrogens is 258 g/mol. The fourth-order valence-electron chi connectivity index (χ4n) is 2.82. The van der Waals surface area contributed by atoms with E-state index in [0.29, 0.717) is 0 Å². The second-order valence-corrected chi connectivity index (χ2v) is 5.76. The normalized spacial score (nSPS) is 13.8. The molecule has 0 aliphatic rings. The summed E-state index contributed by atoms with van der Waals surface area (Å²) in [4.78, 5) is 0. The summed E-state index contributed by atoms with van der Waals surface area (Å²) in [6.07, 6.45) is 1.67. The molecule has 2 nitrogen and oxygen atoms in total. The van der Waals surface area contributed by atoms with E-state index in [1.807, 2.05) is 6.07 Å². The van der Waals surface area contributed by atoms with Gasteiger partial charge in [0.25, 0.3) is 0 Å². The van der Waals surface area contributed by atoms with Gasteiger partial charge in [0.15, 0.2) is 0 Å². The van der Waals surface area contributed by atoms with Crippen molar-refractivity contribution in [3.8, 4) is 5.75 Å². The maximum Gasteiger partial charge on any atom is 0.127 e. The van der Waals surface area contributed by atoms with Crippen LogP contribution in [0.25, 0.3) is 0 Å². The summed E-state index contributed by atoms with van der Waals surface area (Å²) in [5.41, 5.74) is 11.1. The third kappa shape index (κ3) is 3.11. The second kappa shape index (κ2) is 6.31. The molecule has 0 amide bonds. The molecule has 0 saturated heterocycles. The first-order chi connectivity index (χ1) is 10.0. The Morgan fingerprint density at radius 3 is 2.29 bits per heavy atom. The van der Waals surface area contributed by atoms with Gasteiger partial charge >= 0.3 is 0 Å². The molecule has 112 valence electrons. The molecule has 0 fully saturated rings. The summed E-state index contributed by atoms with van der Waals surface area (Å²) < 4.78 is 5.66. The molecule has 0 aliphatic heterocycles. The minimum atomic E-state index is -0.412. The number of hydrogen-bond donors (Lipinski definition) is 1. The minimum Gasteiger partial charge on any atom is -0.496 e. The predicted octanol–water partition coefficient (Wildman–Crippen LogP) is 4.12. The van der Waals surface area contributed by atoms with Gasteiger partial charge in [0.05, 0.1) is 7.11 Å². The van der Waals surface area contributed by atoms with Gasteiger partial charge in [-0.3, -0.25) is 0 Å². The van der Waals surface area contributed by atoms with E-state index in [0.717, 1.165) is 24.2 Å². The zero-order valence-corrected chi connectivity index (χ0v) is 13.4. The Morgan fingerprint density at radius 2 is 1.71 bits per heavy atom. The summed E-state index contributed by atoms with van der Waals surface area (Å²) in [6, 6.07) is 14.7. The van der Waals surface area contributed by atoms with Crippen LogP contribution in [0.2, 0.25) is 0 Å². The lowest BCUT2D eigenvalue weighted by atomic mass is 9.81. The molecule has 2 aromatic rings. The lowest BCUT2D eigenvalue weighted by Crippen LogP contribution is -2.39. The van der Waals surface area contributed by atoms with Crippen LogP contribution in [0.15, 0.2) is 42.5 Å². The van der Waals surface area contributed by atoms with Crippen molar-refractivity contribution in [2.45, 2.75) is 39.2 Å². The van der Waals surface area contributed by atoms with Crippen LogP contribution in [0.4, 0.5) is 0 Å². The first-order valence-electron chi connectivity index (χ1n) is 7.49. The Hall–Kier alpha value is -1.80. The van der Waals surface area contributed by atoms with Gasteiger partial charge in [0.1, 0.15) is 5.75 Å². The third-order valence-electron chi connectivity index (χ3n) is 4.41. The summed E-state index contributed by atoms with van der Waals surface area (Å²) in [7, 11) is 1.73. The zero-order valence-electron chi connectivity index (χ0n) is 13.4. The molecule has 2 N–H and O–H groups in total.